The molecule has 1 aromatic heterocycles. The molecule has 0 saturated carbocycles. The Balaban J connectivity index is 2.97. The van der Waals surface area contributed by atoms with Crippen LogP contribution in [0.25, 0.3) is 0 Å². The van der Waals surface area contributed by atoms with Crippen molar-refractivity contribution in [2.75, 3.05) is 7.11 Å². The van der Waals surface area contributed by atoms with Crippen molar-refractivity contribution in [3.8, 4) is 0 Å². The molecular formula is C11H17F3N2OS. The maximum Gasteiger partial charge on any atom is 0.443 e. The molecule has 0 saturated heterocycles. The van der Waals surface area contributed by atoms with Gasteiger partial charge in [-0.3, -0.25) is 0 Å². The summed E-state index contributed by atoms with van der Waals surface area (Å²) in [5.41, 5.74) is 5.70. The van der Waals surface area contributed by atoms with Crippen molar-refractivity contribution >= 4 is 11.3 Å². The molecule has 0 amide bonds. The number of nitrogens with zero attached hydrogens (tertiary/aromatic N) is 1. The lowest BCUT2D eigenvalue weighted by molar-refractivity contribution is -0.137. The van der Waals surface area contributed by atoms with Crippen molar-refractivity contribution in [3.05, 3.63) is 16.1 Å². The van der Waals surface area contributed by atoms with E-state index in [1.54, 1.807) is 0 Å². The van der Waals surface area contributed by atoms with E-state index in [0.29, 0.717) is 16.2 Å². The molecule has 0 aromatic carbocycles. The highest BCUT2D eigenvalue weighted by Crippen LogP contribution is 2.37. The van der Waals surface area contributed by atoms with Gasteiger partial charge < -0.3 is 10.5 Å². The zero-order valence-electron chi connectivity index (χ0n) is 10.7. The summed E-state index contributed by atoms with van der Waals surface area (Å²) >= 11 is 0.567. The van der Waals surface area contributed by atoms with Crippen LogP contribution in [-0.4, -0.2) is 18.2 Å². The summed E-state index contributed by atoms with van der Waals surface area (Å²) in [6, 6.07) is -0.622. The smallest absolute Gasteiger partial charge is 0.379 e. The molecule has 1 heterocycles. The average molecular weight is 282 g/mol. The molecule has 0 fully saturated rings. The Hall–Kier alpha value is -0.660. The van der Waals surface area contributed by atoms with E-state index in [1.807, 2.05) is 20.8 Å². The fourth-order valence-corrected chi connectivity index (χ4v) is 2.57. The molecule has 1 rings (SSSR count). The lowest BCUT2D eigenvalue weighted by Gasteiger charge is -2.33. The summed E-state index contributed by atoms with van der Waals surface area (Å²) in [6.07, 6.45) is -3.62. The van der Waals surface area contributed by atoms with Gasteiger partial charge in [-0.2, -0.15) is 13.2 Å². The van der Waals surface area contributed by atoms with Gasteiger partial charge in [-0.05, 0) is 5.41 Å². The second kappa shape index (κ2) is 5.14. The highest BCUT2D eigenvalue weighted by Gasteiger charge is 2.37. The molecule has 2 N–H and O–H groups in total. The SMILES string of the molecule is COC(C(N)c1cnc(C(F)(F)F)s1)C(C)(C)C. The number of aromatic nitrogens is 1. The van der Waals surface area contributed by atoms with Gasteiger partial charge >= 0.3 is 6.18 Å². The van der Waals surface area contributed by atoms with Crippen LogP contribution in [0.1, 0.15) is 36.7 Å². The van der Waals surface area contributed by atoms with Crippen LogP contribution in [0.15, 0.2) is 6.20 Å². The molecule has 3 nitrogen and oxygen atoms in total. The minimum Gasteiger partial charge on any atom is -0.379 e. The maximum absolute atomic E-state index is 12.5. The fraction of sp³-hybridized carbons (Fsp3) is 0.727. The summed E-state index contributed by atoms with van der Waals surface area (Å²) in [6.45, 7) is 5.77. The zero-order chi connectivity index (χ0) is 14.1. The number of halogens is 3. The van der Waals surface area contributed by atoms with E-state index in [4.69, 9.17) is 10.5 Å². The number of rotatable bonds is 3. The lowest BCUT2D eigenvalue weighted by atomic mass is 9.84. The summed E-state index contributed by atoms with van der Waals surface area (Å²) in [7, 11) is 1.50. The summed E-state index contributed by atoms with van der Waals surface area (Å²) in [5.74, 6) is 0. The van der Waals surface area contributed by atoms with Gasteiger partial charge in [0.05, 0.1) is 12.1 Å². The van der Waals surface area contributed by atoms with Crippen molar-refractivity contribution in [1.82, 2.24) is 4.98 Å². The third-order valence-corrected chi connectivity index (χ3v) is 3.67. The molecular weight excluding hydrogens is 265 g/mol. The van der Waals surface area contributed by atoms with Crippen molar-refractivity contribution < 1.29 is 17.9 Å². The minimum absolute atomic E-state index is 0.267. The molecule has 104 valence electrons. The van der Waals surface area contributed by atoms with Gasteiger partial charge in [0, 0.05) is 18.2 Å². The summed E-state index contributed by atoms with van der Waals surface area (Å²) in [4.78, 5) is 3.74. The number of ether oxygens (including phenoxy) is 1. The van der Waals surface area contributed by atoms with Gasteiger partial charge in [-0.15, -0.1) is 11.3 Å². The number of alkyl halides is 3. The highest BCUT2D eigenvalue weighted by molar-refractivity contribution is 7.11. The van der Waals surface area contributed by atoms with Crippen molar-refractivity contribution in [1.29, 1.82) is 0 Å². The van der Waals surface area contributed by atoms with Crippen LogP contribution in [-0.2, 0) is 10.9 Å². The van der Waals surface area contributed by atoms with Crippen LogP contribution in [0.5, 0.6) is 0 Å². The van der Waals surface area contributed by atoms with Crippen LogP contribution in [0, 0.1) is 5.41 Å². The molecule has 0 aliphatic carbocycles. The second-order valence-corrected chi connectivity index (χ2v) is 6.18. The fourth-order valence-electron chi connectivity index (χ4n) is 1.76. The molecule has 2 unspecified atom stereocenters. The first kappa shape index (κ1) is 15.4. The third-order valence-electron chi connectivity index (χ3n) is 2.53. The van der Waals surface area contributed by atoms with E-state index < -0.39 is 17.2 Å². The van der Waals surface area contributed by atoms with E-state index in [2.05, 4.69) is 4.98 Å². The number of hydrogen-bond donors (Lipinski definition) is 1. The van der Waals surface area contributed by atoms with Crippen LogP contribution in [0.2, 0.25) is 0 Å². The van der Waals surface area contributed by atoms with Crippen molar-refractivity contribution in [3.63, 3.8) is 0 Å². The normalized spacial score (nSPS) is 16.7. The van der Waals surface area contributed by atoms with Crippen LogP contribution >= 0.6 is 11.3 Å². The molecule has 2 atom stereocenters. The Morgan fingerprint density at radius 2 is 1.89 bits per heavy atom. The monoisotopic (exact) mass is 282 g/mol. The Labute approximate surface area is 108 Å². The summed E-state index contributed by atoms with van der Waals surface area (Å²) in [5, 5.41) is -0.878. The lowest BCUT2D eigenvalue weighted by Crippen LogP contribution is -2.38. The van der Waals surface area contributed by atoms with E-state index in [1.165, 1.54) is 13.3 Å². The first-order valence-corrected chi connectivity index (χ1v) is 6.20. The molecule has 18 heavy (non-hydrogen) atoms. The number of nitrogens with two attached hydrogens (primary N) is 1. The molecule has 0 bridgehead atoms. The molecule has 0 spiro atoms. The van der Waals surface area contributed by atoms with Gasteiger partial charge in [0.2, 0.25) is 0 Å². The van der Waals surface area contributed by atoms with Gasteiger partial charge in [0.1, 0.15) is 0 Å². The molecule has 1 aromatic rings. The van der Waals surface area contributed by atoms with E-state index in [9.17, 15) is 13.2 Å². The topological polar surface area (TPSA) is 48.1 Å². The van der Waals surface area contributed by atoms with Gasteiger partial charge in [-0.1, -0.05) is 20.8 Å². The quantitative estimate of drug-likeness (QED) is 0.926. The predicted octanol–water partition coefficient (Wildman–Crippen LogP) is 3.22. The number of methoxy groups -OCH3 is 1. The van der Waals surface area contributed by atoms with Crippen LogP contribution in [0.4, 0.5) is 13.2 Å². The number of hydrogen-bond acceptors (Lipinski definition) is 4. The van der Waals surface area contributed by atoms with Gasteiger partial charge in [0.25, 0.3) is 0 Å². The third kappa shape index (κ3) is 3.43. The Kier molecular flexibility index (Phi) is 4.40. The molecule has 0 aliphatic heterocycles. The Morgan fingerprint density at radius 3 is 2.22 bits per heavy atom. The highest BCUT2D eigenvalue weighted by atomic mass is 32.1. The standard InChI is InChI=1S/C11H17F3N2OS/c1-10(2,3)8(17-4)7(15)6-5-16-9(18-6)11(12,13)14/h5,7-8H,15H2,1-4H3. The molecule has 7 heteroatoms. The van der Waals surface area contributed by atoms with Gasteiger partial charge in [-0.25, -0.2) is 4.98 Å². The van der Waals surface area contributed by atoms with Crippen molar-refractivity contribution in [2.45, 2.75) is 39.1 Å². The minimum atomic E-state index is -4.42. The van der Waals surface area contributed by atoms with Gasteiger partial charge in [0.15, 0.2) is 5.01 Å². The predicted molar refractivity (Wildman–Crippen MR) is 64.3 cm³/mol. The first-order valence-electron chi connectivity index (χ1n) is 5.38. The van der Waals surface area contributed by atoms with Crippen LogP contribution < -0.4 is 5.73 Å². The average Bonchev–Trinajstić information content (AvgIpc) is 2.63. The van der Waals surface area contributed by atoms with Crippen molar-refractivity contribution in [2.24, 2.45) is 11.1 Å². The van der Waals surface area contributed by atoms with E-state index >= 15 is 0 Å². The maximum atomic E-state index is 12.5. The zero-order valence-corrected chi connectivity index (χ0v) is 11.5. The van der Waals surface area contributed by atoms with E-state index in [0.717, 1.165) is 0 Å². The molecule has 0 radical (unpaired) electrons. The Bertz CT molecular complexity index is 398. The van der Waals surface area contributed by atoms with E-state index in [-0.39, 0.29) is 11.5 Å². The number of thiazole rings is 1. The Morgan fingerprint density at radius 1 is 1.33 bits per heavy atom. The summed E-state index contributed by atoms with van der Waals surface area (Å²) < 4.78 is 42.7. The second-order valence-electron chi connectivity index (χ2n) is 5.11. The first-order chi connectivity index (χ1) is 8.07. The largest absolute Gasteiger partial charge is 0.443 e. The molecule has 0 aliphatic rings. The van der Waals surface area contributed by atoms with Crippen LogP contribution in [0.3, 0.4) is 0 Å².